The predicted molar refractivity (Wildman–Crippen MR) is 108 cm³/mol. The van der Waals surface area contributed by atoms with Gasteiger partial charge in [0.25, 0.3) is 5.91 Å². The largest absolute Gasteiger partial charge is 0.497 e. The standard InChI is InChI=1S/C22H19FN2O5/c1-29-17-4-5-20-13(8-17)6-14(11-30-20)21(26)25-19(22(27)28)10-16-7-12-2-3-15(23)9-18(12)24-16/h2-9,19,24H,10-11H2,1H3,(H,25,26)(H,27,28)/t19-/m1/s1. The van der Waals surface area contributed by atoms with Crippen molar-refractivity contribution in [2.45, 2.75) is 12.5 Å². The van der Waals surface area contributed by atoms with Crippen molar-refractivity contribution in [3.63, 3.8) is 0 Å². The Balaban J connectivity index is 1.51. The molecule has 2 heterocycles. The summed E-state index contributed by atoms with van der Waals surface area (Å²) in [5, 5.41) is 12.9. The van der Waals surface area contributed by atoms with E-state index >= 15 is 0 Å². The van der Waals surface area contributed by atoms with Crippen LogP contribution in [0.25, 0.3) is 17.0 Å². The number of nitrogens with one attached hydrogen (secondary N) is 2. The zero-order chi connectivity index (χ0) is 21.3. The Morgan fingerprint density at radius 3 is 2.87 bits per heavy atom. The number of amides is 1. The van der Waals surface area contributed by atoms with E-state index in [1.54, 1.807) is 43.5 Å². The number of fused-ring (bicyclic) bond motifs is 2. The maximum Gasteiger partial charge on any atom is 0.326 e. The Bertz CT molecular complexity index is 1170. The number of carboxylic acid groups (broad SMARTS) is 1. The molecule has 0 spiro atoms. The second kappa shape index (κ2) is 7.90. The van der Waals surface area contributed by atoms with E-state index in [4.69, 9.17) is 9.47 Å². The molecule has 4 rings (SSSR count). The van der Waals surface area contributed by atoms with Crippen LogP contribution in [0, 0.1) is 5.82 Å². The molecule has 30 heavy (non-hydrogen) atoms. The predicted octanol–water partition coefficient (Wildman–Crippen LogP) is 2.90. The van der Waals surface area contributed by atoms with Crippen molar-refractivity contribution in [3.05, 3.63) is 65.1 Å². The molecule has 0 radical (unpaired) electrons. The van der Waals surface area contributed by atoms with Crippen LogP contribution in [0.1, 0.15) is 11.3 Å². The summed E-state index contributed by atoms with van der Waals surface area (Å²) in [5.74, 6) is -0.855. The van der Waals surface area contributed by atoms with E-state index in [9.17, 15) is 19.1 Å². The van der Waals surface area contributed by atoms with Gasteiger partial charge in [-0.15, -0.1) is 0 Å². The smallest absolute Gasteiger partial charge is 0.326 e. The number of carbonyl (C=O) groups excluding carboxylic acids is 1. The summed E-state index contributed by atoms with van der Waals surface area (Å²) in [6, 6.07) is 10.1. The molecular formula is C22H19FN2O5. The molecule has 0 saturated carbocycles. The van der Waals surface area contributed by atoms with Gasteiger partial charge >= 0.3 is 5.97 Å². The molecule has 1 aliphatic heterocycles. The van der Waals surface area contributed by atoms with Gasteiger partial charge in [0.05, 0.1) is 12.7 Å². The quantitative estimate of drug-likeness (QED) is 0.580. The van der Waals surface area contributed by atoms with Crippen molar-refractivity contribution in [3.8, 4) is 11.5 Å². The number of aromatic amines is 1. The van der Waals surface area contributed by atoms with Gasteiger partial charge in [-0.25, -0.2) is 9.18 Å². The van der Waals surface area contributed by atoms with Gasteiger partial charge in [0.1, 0.15) is 30.0 Å². The summed E-state index contributed by atoms with van der Waals surface area (Å²) in [5.41, 5.74) is 2.12. The normalized spacial score (nSPS) is 13.7. The first kappa shape index (κ1) is 19.5. The molecule has 8 heteroatoms. The summed E-state index contributed by atoms with van der Waals surface area (Å²) < 4.78 is 24.1. The number of hydrogen-bond donors (Lipinski definition) is 3. The molecule has 3 aromatic rings. The first-order valence-corrected chi connectivity index (χ1v) is 9.25. The van der Waals surface area contributed by atoms with Crippen molar-refractivity contribution in [2.24, 2.45) is 0 Å². The van der Waals surface area contributed by atoms with Crippen LogP contribution in [-0.4, -0.2) is 41.7 Å². The van der Waals surface area contributed by atoms with E-state index in [1.165, 1.54) is 12.1 Å². The molecular weight excluding hydrogens is 391 g/mol. The van der Waals surface area contributed by atoms with Gasteiger partial charge in [-0.3, -0.25) is 4.79 Å². The molecule has 1 amide bonds. The molecule has 154 valence electrons. The first-order chi connectivity index (χ1) is 14.4. The summed E-state index contributed by atoms with van der Waals surface area (Å²) in [7, 11) is 1.54. The summed E-state index contributed by atoms with van der Waals surface area (Å²) in [6.45, 7) is 0.0309. The molecule has 3 N–H and O–H groups in total. The number of rotatable bonds is 6. The van der Waals surface area contributed by atoms with E-state index < -0.39 is 17.9 Å². The van der Waals surface area contributed by atoms with E-state index in [2.05, 4.69) is 10.3 Å². The minimum atomic E-state index is -1.17. The SMILES string of the molecule is COc1ccc2c(c1)C=C(C(=O)N[C@H](Cc1cc3ccc(F)cc3[nH]1)C(=O)O)CO2. The van der Waals surface area contributed by atoms with Crippen molar-refractivity contribution < 1.29 is 28.6 Å². The molecule has 1 aliphatic rings. The topological polar surface area (TPSA) is 101 Å². The van der Waals surface area contributed by atoms with Crippen LogP contribution in [-0.2, 0) is 16.0 Å². The number of ether oxygens (including phenoxy) is 2. The van der Waals surface area contributed by atoms with Crippen LogP contribution in [0.3, 0.4) is 0 Å². The van der Waals surface area contributed by atoms with Gasteiger partial charge in [0.15, 0.2) is 0 Å². The lowest BCUT2D eigenvalue weighted by atomic mass is 10.1. The molecule has 1 atom stereocenters. The van der Waals surface area contributed by atoms with Gasteiger partial charge in [-0.1, -0.05) is 0 Å². The fourth-order valence-electron chi connectivity index (χ4n) is 3.35. The lowest BCUT2D eigenvalue weighted by Crippen LogP contribution is -2.43. The maximum absolute atomic E-state index is 13.4. The minimum Gasteiger partial charge on any atom is -0.497 e. The van der Waals surface area contributed by atoms with Crippen molar-refractivity contribution >= 4 is 28.9 Å². The highest BCUT2D eigenvalue weighted by Gasteiger charge is 2.25. The van der Waals surface area contributed by atoms with Gasteiger partial charge < -0.3 is 24.9 Å². The molecule has 0 fully saturated rings. The van der Waals surface area contributed by atoms with Crippen LogP contribution < -0.4 is 14.8 Å². The van der Waals surface area contributed by atoms with Crippen LogP contribution >= 0.6 is 0 Å². The number of methoxy groups -OCH3 is 1. The molecule has 0 aliphatic carbocycles. The number of carbonyl (C=O) groups is 2. The van der Waals surface area contributed by atoms with E-state index in [1.807, 2.05) is 0 Å². The Kier molecular flexibility index (Phi) is 5.14. The number of aliphatic carboxylic acids is 1. The number of halogens is 1. The number of benzene rings is 2. The third-order valence-corrected chi connectivity index (χ3v) is 4.89. The number of aromatic nitrogens is 1. The van der Waals surface area contributed by atoms with Crippen molar-refractivity contribution in [2.75, 3.05) is 13.7 Å². The number of hydrogen-bond acceptors (Lipinski definition) is 4. The van der Waals surface area contributed by atoms with E-state index in [0.717, 1.165) is 5.39 Å². The Labute approximate surface area is 171 Å². The van der Waals surface area contributed by atoms with Crippen molar-refractivity contribution in [1.29, 1.82) is 0 Å². The third-order valence-electron chi connectivity index (χ3n) is 4.89. The van der Waals surface area contributed by atoms with Crippen molar-refractivity contribution in [1.82, 2.24) is 10.3 Å². The summed E-state index contributed by atoms with van der Waals surface area (Å²) >= 11 is 0. The molecule has 7 nitrogen and oxygen atoms in total. The van der Waals surface area contributed by atoms with Crippen LogP contribution in [0.2, 0.25) is 0 Å². The van der Waals surface area contributed by atoms with Crippen LogP contribution in [0.4, 0.5) is 4.39 Å². The molecule has 1 aromatic heterocycles. The molecule has 0 bridgehead atoms. The lowest BCUT2D eigenvalue weighted by molar-refractivity contribution is -0.141. The highest BCUT2D eigenvalue weighted by atomic mass is 19.1. The van der Waals surface area contributed by atoms with Crippen LogP contribution in [0.5, 0.6) is 11.5 Å². The average molecular weight is 410 g/mol. The van der Waals surface area contributed by atoms with E-state index in [-0.39, 0.29) is 18.8 Å². The zero-order valence-electron chi connectivity index (χ0n) is 16.1. The average Bonchev–Trinajstić information content (AvgIpc) is 3.13. The highest BCUT2D eigenvalue weighted by Crippen LogP contribution is 2.30. The Morgan fingerprint density at radius 2 is 2.10 bits per heavy atom. The van der Waals surface area contributed by atoms with Gasteiger partial charge in [0.2, 0.25) is 0 Å². The van der Waals surface area contributed by atoms with Gasteiger partial charge in [0, 0.05) is 23.2 Å². The molecule has 0 saturated heterocycles. The summed E-state index contributed by atoms with van der Waals surface area (Å²) in [4.78, 5) is 27.4. The fraction of sp³-hybridized carbons (Fsp3) is 0.182. The minimum absolute atomic E-state index is 0.0237. The first-order valence-electron chi connectivity index (χ1n) is 9.25. The number of carboxylic acids is 1. The third kappa shape index (κ3) is 3.98. The highest BCUT2D eigenvalue weighted by molar-refractivity contribution is 6.01. The second-order valence-corrected chi connectivity index (χ2v) is 6.96. The van der Waals surface area contributed by atoms with Crippen LogP contribution in [0.15, 0.2) is 48.0 Å². The lowest BCUT2D eigenvalue weighted by Gasteiger charge is -2.20. The Morgan fingerprint density at radius 1 is 1.27 bits per heavy atom. The number of H-pyrrole nitrogens is 1. The fourth-order valence-corrected chi connectivity index (χ4v) is 3.35. The van der Waals surface area contributed by atoms with Gasteiger partial charge in [-0.05, 0) is 53.9 Å². The maximum atomic E-state index is 13.4. The molecule has 0 unspecified atom stereocenters. The zero-order valence-corrected chi connectivity index (χ0v) is 16.1. The summed E-state index contributed by atoms with van der Waals surface area (Å²) in [6.07, 6.45) is 1.68. The van der Waals surface area contributed by atoms with Gasteiger partial charge in [-0.2, -0.15) is 0 Å². The Hall–Kier alpha value is -3.81. The second-order valence-electron chi connectivity index (χ2n) is 6.96. The monoisotopic (exact) mass is 410 g/mol. The molecule has 2 aromatic carbocycles. The van der Waals surface area contributed by atoms with E-state index in [0.29, 0.717) is 33.8 Å².